The standard InChI is InChI=1S/C18H21N3O3S/c22-16(20-14-6-2-1-3-7-14)11-24-17(23)9-15-12-25-18(21-15)13-5-4-8-19-10-13/h4-5,8,10,12,14H,1-3,6-7,9,11H2,(H,20,22). The van der Waals surface area contributed by atoms with Crippen molar-refractivity contribution in [2.45, 2.75) is 44.6 Å². The number of carbonyl (C=O) groups excluding carboxylic acids is 2. The molecule has 3 rings (SSSR count). The summed E-state index contributed by atoms with van der Waals surface area (Å²) in [4.78, 5) is 32.2. The molecular weight excluding hydrogens is 338 g/mol. The highest BCUT2D eigenvalue weighted by molar-refractivity contribution is 7.13. The lowest BCUT2D eigenvalue weighted by Crippen LogP contribution is -2.38. The molecule has 1 fully saturated rings. The third kappa shape index (κ3) is 5.35. The van der Waals surface area contributed by atoms with Gasteiger partial charge >= 0.3 is 5.97 Å². The maximum Gasteiger partial charge on any atom is 0.312 e. The number of pyridine rings is 1. The van der Waals surface area contributed by atoms with Gasteiger partial charge in [0.05, 0.1) is 12.1 Å². The summed E-state index contributed by atoms with van der Waals surface area (Å²) in [5.74, 6) is -0.670. The van der Waals surface area contributed by atoms with Gasteiger partial charge in [-0.2, -0.15) is 0 Å². The van der Waals surface area contributed by atoms with Crippen LogP contribution in [0.5, 0.6) is 0 Å². The van der Waals surface area contributed by atoms with E-state index < -0.39 is 5.97 Å². The molecular formula is C18H21N3O3S. The minimum absolute atomic E-state index is 0.0630. The zero-order valence-electron chi connectivity index (χ0n) is 13.9. The van der Waals surface area contributed by atoms with Crippen molar-refractivity contribution < 1.29 is 14.3 Å². The van der Waals surface area contributed by atoms with E-state index in [0.29, 0.717) is 5.69 Å². The number of rotatable bonds is 6. The lowest BCUT2D eigenvalue weighted by Gasteiger charge is -2.22. The molecule has 2 heterocycles. The summed E-state index contributed by atoms with van der Waals surface area (Å²) in [5.41, 5.74) is 1.56. The summed E-state index contributed by atoms with van der Waals surface area (Å²) in [5, 5.41) is 5.56. The molecule has 1 saturated carbocycles. The molecule has 1 aliphatic carbocycles. The Morgan fingerprint density at radius 1 is 1.28 bits per heavy atom. The molecule has 6 nitrogen and oxygen atoms in total. The Bertz CT molecular complexity index is 711. The molecule has 0 saturated heterocycles. The van der Waals surface area contributed by atoms with Crippen molar-refractivity contribution in [3.05, 3.63) is 35.6 Å². The summed E-state index contributed by atoms with van der Waals surface area (Å²) < 4.78 is 5.07. The summed E-state index contributed by atoms with van der Waals surface area (Å²) in [6, 6.07) is 3.99. The van der Waals surface area contributed by atoms with Crippen LogP contribution in [0.15, 0.2) is 29.9 Å². The lowest BCUT2D eigenvalue weighted by molar-refractivity contribution is -0.148. The molecule has 1 amide bonds. The number of nitrogens with zero attached hydrogens (tertiary/aromatic N) is 2. The van der Waals surface area contributed by atoms with Crippen molar-refractivity contribution in [3.8, 4) is 10.6 Å². The fourth-order valence-corrected chi connectivity index (χ4v) is 3.68. The molecule has 0 atom stereocenters. The molecule has 132 valence electrons. The van der Waals surface area contributed by atoms with E-state index >= 15 is 0 Å². The maximum absolute atomic E-state index is 11.9. The summed E-state index contributed by atoms with van der Waals surface area (Å²) >= 11 is 1.45. The summed E-state index contributed by atoms with van der Waals surface area (Å²) in [6.07, 6.45) is 9.04. The molecule has 1 aliphatic rings. The van der Waals surface area contributed by atoms with Crippen molar-refractivity contribution in [3.63, 3.8) is 0 Å². The third-order valence-corrected chi connectivity index (χ3v) is 5.06. The quantitative estimate of drug-likeness (QED) is 0.802. The number of nitrogens with one attached hydrogen (secondary N) is 1. The first-order chi connectivity index (χ1) is 12.2. The molecule has 7 heteroatoms. The summed E-state index contributed by atoms with van der Waals surface area (Å²) in [6.45, 7) is -0.227. The molecule has 25 heavy (non-hydrogen) atoms. The Morgan fingerprint density at radius 3 is 2.88 bits per heavy atom. The predicted octanol–water partition coefficient (Wildman–Crippen LogP) is 2.74. The normalized spacial score (nSPS) is 14.9. The maximum atomic E-state index is 11.9. The van der Waals surface area contributed by atoms with Gasteiger partial charge in [0.2, 0.25) is 0 Å². The average molecular weight is 359 g/mol. The van der Waals surface area contributed by atoms with Gasteiger partial charge in [-0.3, -0.25) is 14.6 Å². The number of aromatic nitrogens is 2. The number of hydrogen-bond donors (Lipinski definition) is 1. The zero-order chi connectivity index (χ0) is 17.5. The molecule has 0 bridgehead atoms. The Kier molecular flexibility index (Phi) is 6.11. The van der Waals surface area contributed by atoms with Gasteiger partial charge in [-0.1, -0.05) is 19.3 Å². The minimum Gasteiger partial charge on any atom is -0.455 e. The van der Waals surface area contributed by atoms with E-state index in [1.165, 1.54) is 17.8 Å². The van der Waals surface area contributed by atoms with Gasteiger partial charge in [0.25, 0.3) is 5.91 Å². The van der Waals surface area contributed by atoms with Gasteiger partial charge in [-0.25, -0.2) is 4.98 Å². The molecule has 0 unspecified atom stereocenters. The van der Waals surface area contributed by atoms with Crippen LogP contribution in [0, 0.1) is 0 Å². The molecule has 2 aromatic rings. The Balaban J connectivity index is 1.43. The fourth-order valence-electron chi connectivity index (χ4n) is 2.87. The van der Waals surface area contributed by atoms with E-state index in [0.717, 1.165) is 36.3 Å². The van der Waals surface area contributed by atoms with Crippen LogP contribution in [0.3, 0.4) is 0 Å². The van der Waals surface area contributed by atoms with Crippen molar-refractivity contribution in [2.75, 3.05) is 6.61 Å². The van der Waals surface area contributed by atoms with Crippen LogP contribution in [0.25, 0.3) is 10.6 Å². The van der Waals surface area contributed by atoms with Gasteiger partial charge in [0.15, 0.2) is 6.61 Å². The number of ether oxygens (including phenoxy) is 1. The number of hydrogen-bond acceptors (Lipinski definition) is 6. The molecule has 2 aromatic heterocycles. The van der Waals surface area contributed by atoms with Crippen molar-refractivity contribution in [1.82, 2.24) is 15.3 Å². The van der Waals surface area contributed by atoms with E-state index in [1.807, 2.05) is 17.5 Å². The Morgan fingerprint density at radius 2 is 2.12 bits per heavy atom. The van der Waals surface area contributed by atoms with Crippen molar-refractivity contribution in [2.24, 2.45) is 0 Å². The molecule has 0 aliphatic heterocycles. The van der Waals surface area contributed by atoms with Crippen LogP contribution in [0.1, 0.15) is 37.8 Å². The van der Waals surface area contributed by atoms with Gasteiger partial charge in [0, 0.05) is 29.4 Å². The predicted molar refractivity (Wildman–Crippen MR) is 95.0 cm³/mol. The Labute approximate surface area is 150 Å². The molecule has 0 spiro atoms. The molecule has 0 aromatic carbocycles. The SMILES string of the molecule is O=C(COC(=O)Cc1csc(-c2cccnc2)n1)NC1CCCCC1. The van der Waals surface area contributed by atoms with Crippen LogP contribution in [0.2, 0.25) is 0 Å². The van der Waals surface area contributed by atoms with Crippen molar-refractivity contribution in [1.29, 1.82) is 0 Å². The van der Waals surface area contributed by atoms with E-state index in [-0.39, 0.29) is 25.0 Å². The van der Waals surface area contributed by atoms with Gasteiger partial charge in [0.1, 0.15) is 5.01 Å². The van der Waals surface area contributed by atoms with E-state index in [2.05, 4.69) is 15.3 Å². The first-order valence-corrected chi connectivity index (χ1v) is 9.38. The fraction of sp³-hybridized carbons (Fsp3) is 0.444. The van der Waals surface area contributed by atoms with Crippen LogP contribution in [0.4, 0.5) is 0 Å². The molecule has 1 N–H and O–H groups in total. The highest BCUT2D eigenvalue weighted by atomic mass is 32.1. The number of thiazole rings is 1. The third-order valence-electron chi connectivity index (χ3n) is 4.12. The number of esters is 1. The summed E-state index contributed by atoms with van der Waals surface area (Å²) in [7, 11) is 0. The van der Waals surface area contributed by atoms with Crippen molar-refractivity contribution >= 4 is 23.2 Å². The lowest BCUT2D eigenvalue weighted by atomic mass is 9.95. The van der Waals surface area contributed by atoms with Crippen LogP contribution < -0.4 is 5.32 Å². The van der Waals surface area contributed by atoms with Crippen LogP contribution in [-0.2, 0) is 20.7 Å². The van der Waals surface area contributed by atoms with E-state index in [9.17, 15) is 9.59 Å². The second-order valence-electron chi connectivity index (χ2n) is 6.13. The zero-order valence-corrected chi connectivity index (χ0v) is 14.8. The first-order valence-electron chi connectivity index (χ1n) is 8.50. The van der Waals surface area contributed by atoms with E-state index in [1.54, 1.807) is 12.4 Å². The smallest absolute Gasteiger partial charge is 0.312 e. The highest BCUT2D eigenvalue weighted by Crippen LogP contribution is 2.23. The van der Waals surface area contributed by atoms with Gasteiger partial charge in [-0.05, 0) is 25.0 Å². The molecule has 0 radical (unpaired) electrons. The van der Waals surface area contributed by atoms with Gasteiger partial charge in [-0.15, -0.1) is 11.3 Å². The highest BCUT2D eigenvalue weighted by Gasteiger charge is 2.17. The monoisotopic (exact) mass is 359 g/mol. The number of carbonyl (C=O) groups is 2. The second-order valence-corrected chi connectivity index (χ2v) is 6.98. The van der Waals surface area contributed by atoms with Crippen LogP contribution >= 0.6 is 11.3 Å². The Hall–Kier alpha value is -2.28. The topological polar surface area (TPSA) is 81.2 Å². The number of amides is 1. The van der Waals surface area contributed by atoms with Crippen LogP contribution in [-0.4, -0.2) is 34.5 Å². The largest absolute Gasteiger partial charge is 0.455 e. The van der Waals surface area contributed by atoms with E-state index in [4.69, 9.17) is 4.74 Å². The minimum atomic E-state index is -0.443. The second kappa shape index (κ2) is 8.71. The average Bonchev–Trinajstić information content (AvgIpc) is 3.10. The first kappa shape index (κ1) is 17.5. The van der Waals surface area contributed by atoms with Gasteiger partial charge < -0.3 is 10.1 Å².